The summed E-state index contributed by atoms with van der Waals surface area (Å²) in [6.07, 6.45) is 0. The van der Waals surface area contributed by atoms with Gasteiger partial charge in [0.15, 0.2) is 23.0 Å². The lowest BCUT2D eigenvalue weighted by Crippen LogP contribution is -2.27. The monoisotopic (exact) mass is 469 g/mol. The zero-order valence-corrected chi connectivity index (χ0v) is 17.0. The second-order valence-corrected chi connectivity index (χ2v) is 6.95. The molecule has 0 bridgehead atoms. The first-order chi connectivity index (χ1) is 12.5. The van der Waals surface area contributed by atoms with Crippen LogP contribution in [0.3, 0.4) is 0 Å². The highest BCUT2D eigenvalue weighted by Crippen LogP contribution is 2.34. The second kappa shape index (κ2) is 8.03. The minimum atomic E-state index is -0.192. The number of hydrogen-bond acceptors (Lipinski definition) is 5. The number of benzene rings is 2. The molecule has 0 aliphatic carbocycles. The fourth-order valence-corrected chi connectivity index (χ4v) is 3.40. The van der Waals surface area contributed by atoms with Gasteiger partial charge in [0, 0.05) is 3.57 Å². The fraction of sp³-hybridized carbons (Fsp3) is 0.316. The first-order valence-electron chi connectivity index (χ1n) is 8.15. The second-order valence-electron chi connectivity index (χ2n) is 5.79. The van der Waals surface area contributed by atoms with Gasteiger partial charge in [-0.3, -0.25) is 4.79 Å². The minimum absolute atomic E-state index is 0.183. The number of amides is 1. The maximum atomic E-state index is 12.7. The summed E-state index contributed by atoms with van der Waals surface area (Å²) in [5.74, 6) is 2.36. The standard InChI is InChI=1S/C19H20INO5/c1-11(12-4-5-15-18(8-12)26-7-6-25-15)21-19(22)13-9-16(23-2)17(24-3)10-14(13)20/h4-5,8-11H,6-7H2,1-3H3,(H,21,22). The zero-order chi connectivity index (χ0) is 18.7. The molecule has 0 fully saturated rings. The Labute approximate surface area is 165 Å². The van der Waals surface area contributed by atoms with Crippen molar-refractivity contribution in [2.75, 3.05) is 27.4 Å². The Bertz CT molecular complexity index is 824. The maximum absolute atomic E-state index is 12.7. The van der Waals surface area contributed by atoms with Crippen molar-refractivity contribution in [3.8, 4) is 23.0 Å². The van der Waals surface area contributed by atoms with Crippen LogP contribution in [0.25, 0.3) is 0 Å². The lowest BCUT2D eigenvalue weighted by molar-refractivity contribution is 0.0938. The van der Waals surface area contributed by atoms with Gasteiger partial charge in [0.1, 0.15) is 13.2 Å². The molecule has 3 rings (SSSR count). The molecule has 1 aliphatic rings. The first kappa shape index (κ1) is 18.6. The third-order valence-electron chi connectivity index (χ3n) is 4.13. The number of halogens is 1. The summed E-state index contributed by atoms with van der Waals surface area (Å²) in [4.78, 5) is 12.7. The van der Waals surface area contributed by atoms with E-state index in [0.29, 0.717) is 36.0 Å². The molecule has 0 aromatic heterocycles. The van der Waals surface area contributed by atoms with Gasteiger partial charge in [-0.05, 0) is 59.3 Å². The molecule has 1 atom stereocenters. The molecule has 0 saturated carbocycles. The Morgan fingerprint density at radius 3 is 2.42 bits per heavy atom. The van der Waals surface area contributed by atoms with Gasteiger partial charge >= 0.3 is 0 Å². The van der Waals surface area contributed by atoms with Crippen molar-refractivity contribution < 1.29 is 23.7 Å². The van der Waals surface area contributed by atoms with Crippen LogP contribution in [0.15, 0.2) is 30.3 Å². The quantitative estimate of drug-likeness (QED) is 0.679. The van der Waals surface area contributed by atoms with Gasteiger partial charge in [-0.25, -0.2) is 0 Å². The molecular formula is C19H20INO5. The van der Waals surface area contributed by atoms with Crippen LogP contribution in [0, 0.1) is 3.57 Å². The van der Waals surface area contributed by atoms with Gasteiger partial charge in [0.05, 0.1) is 25.8 Å². The van der Waals surface area contributed by atoms with Crippen LogP contribution >= 0.6 is 22.6 Å². The van der Waals surface area contributed by atoms with E-state index in [9.17, 15) is 4.79 Å². The van der Waals surface area contributed by atoms with Crippen LogP contribution in [-0.4, -0.2) is 33.3 Å². The molecule has 1 amide bonds. The molecule has 0 saturated heterocycles. The Hall–Kier alpha value is -2.16. The number of nitrogens with one attached hydrogen (secondary N) is 1. The normalized spacial score (nSPS) is 13.7. The molecule has 1 N–H and O–H groups in total. The first-order valence-corrected chi connectivity index (χ1v) is 9.23. The van der Waals surface area contributed by atoms with E-state index < -0.39 is 0 Å². The fourth-order valence-electron chi connectivity index (χ4n) is 2.72. The van der Waals surface area contributed by atoms with Crippen molar-refractivity contribution in [2.24, 2.45) is 0 Å². The van der Waals surface area contributed by atoms with Crippen molar-refractivity contribution >= 4 is 28.5 Å². The molecule has 2 aromatic rings. The predicted molar refractivity (Wildman–Crippen MR) is 106 cm³/mol. The average molecular weight is 469 g/mol. The van der Waals surface area contributed by atoms with E-state index in [2.05, 4.69) is 27.9 Å². The van der Waals surface area contributed by atoms with Crippen molar-refractivity contribution in [3.63, 3.8) is 0 Å². The Morgan fingerprint density at radius 2 is 1.73 bits per heavy atom. The summed E-state index contributed by atoms with van der Waals surface area (Å²) in [5.41, 5.74) is 1.48. The summed E-state index contributed by atoms with van der Waals surface area (Å²) in [7, 11) is 3.11. The highest BCUT2D eigenvalue weighted by atomic mass is 127. The van der Waals surface area contributed by atoms with Crippen molar-refractivity contribution in [2.45, 2.75) is 13.0 Å². The van der Waals surface area contributed by atoms with Crippen LogP contribution in [0.1, 0.15) is 28.9 Å². The topological polar surface area (TPSA) is 66.0 Å². The van der Waals surface area contributed by atoms with Gasteiger partial charge in [-0.2, -0.15) is 0 Å². The van der Waals surface area contributed by atoms with Crippen LogP contribution < -0.4 is 24.3 Å². The van der Waals surface area contributed by atoms with Crippen LogP contribution in [0.2, 0.25) is 0 Å². The smallest absolute Gasteiger partial charge is 0.252 e. The number of fused-ring (bicyclic) bond motifs is 1. The molecule has 7 heteroatoms. The van der Waals surface area contributed by atoms with Gasteiger partial charge < -0.3 is 24.3 Å². The number of methoxy groups -OCH3 is 2. The van der Waals surface area contributed by atoms with E-state index in [1.807, 2.05) is 25.1 Å². The molecule has 1 unspecified atom stereocenters. The molecule has 26 heavy (non-hydrogen) atoms. The van der Waals surface area contributed by atoms with Crippen LogP contribution in [0.5, 0.6) is 23.0 Å². The third kappa shape index (κ3) is 3.82. The van der Waals surface area contributed by atoms with E-state index >= 15 is 0 Å². The Morgan fingerprint density at radius 1 is 1.08 bits per heavy atom. The van der Waals surface area contributed by atoms with Gasteiger partial charge in [-0.15, -0.1) is 0 Å². The number of carbonyl (C=O) groups excluding carboxylic acids is 1. The third-order valence-corrected chi connectivity index (χ3v) is 5.02. The van der Waals surface area contributed by atoms with E-state index in [-0.39, 0.29) is 11.9 Å². The number of carbonyl (C=O) groups is 1. The summed E-state index contributed by atoms with van der Waals surface area (Å²) in [6, 6.07) is 8.97. The summed E-state index contributed by atoms with van der Waals surface area (Å²) in [6.45, 7) is 3.01. The largest absolute Gasteiger partial charge is 0.493 e. The Balaban J connectivity index is 1.79. The lowest BCUT2D eigenvalue weighted by Gasteiger charge is -2.21. The minimum Gasteiger partial charge on any atom is -0.493 e. The van der Waals surface area contributed by atoms with Crippen molar-refractivity contribution in [1.82, 2.24) is 5.32 Å². The van der Waals surface area contributed by atoms with Gasteiger partial charge in [0.2, 0.25) is 0 Å². The van der Waals surface area contributed by atoms with E-state index in [1.165, 1.54) is 0 Å². The molecule has 1 aliphatic heterocycles. The molecule has 138 valence electrons. The summed E-state index contributed by atoms with van der Waals surface area (Å²) >= 11 is 2.11. The summed E-state index contributed by atoms with van der Waals surface area (Å²) in [5, 5.41) is 3.01. The number of rotatable bonds is 5. The molecule has 0 radical (unpaired) electrons. The molecule has 0 spiro atoms. The van der Waals surface area contributed by atoms with Gasteiger partial charge in [0.25, 0.3) is 5.91 Å². The van der Waals surface area contributed by atoms with Crippen molar-refractivity contribution in [1.29, 1.82) is 0 Å². The highest BCUT2D eigenvalue weighted by Gasteiger charge is 2.19. The summed E-state index contributed by atoms with van der Waals surface area (Å²) < 4.78 is 22.5. The predicted octanol–water partition coefficient (Wildman–Crippen LogP) is 3.57. The van der Waals surface area contributed by atoms with Crippen molar-refractivity contribution in [3.05, 3.63) is 45.0 Å². The molecular weight excluding hydrogens is 449 g/mol. The van der Waals surface area contributed by atoms with E-state index in [1.54, 1.807) is 26.4 Å². The highest BCUT2D eigenvalue weighted by molar-refractivity contribution is 14.1. The van der Waals surface area contributed by atoms with E-state index in [0.717, 1.165) is 14.9 Å². The van der Waals surface area contributed by atoms with Crippen LogP contribution in [-0.2, 0) is 0 Å². The lowest BCUT2D eigenvalue weighted by atomic mass is 10.1. The number of hydrogen-bond donors (Lipinski definition) is 1. The number of ether oxygens (including phenoxy) is 4. The van der Waals surface area contributed by atoms with E-state index in [4.69, 9.17) is 18.9 Å². The van der Waals surface area contributed by atoms with Crippen LogP contribution in [0.4, 0.5) is 0 Å². The molecule has 2 aromatic carbocycles. The molecule has 6 nitrogen and oxygen atoms in total. The maximum Gasteiger partial charge on any atom is 0.252 e. The zero-order valence-electron chi connectivity index (χ0n) is 14.8. The SMILES string of the molecule is COc1cc(I)c(C(=O)NC(C)c2ccc3c(c2)OCCO3)cc1OC. The average Bonchev–Trinajstić information content (AvgIpc) is 2.67. The molecule has 1 heterocycles. The van der Waals surface area contributed by atoms with Gasteiger partial charge in [-0.1, -0.05) is 6.07 Å². The Kier molecular flexibility index (Phi) is 5.75.